The van der Waals surface area contributed by atoms with Crippen LogP contribution in [0.1, 0.15) is 37.0 Å². The molecule has 0 spiro atoms. The van der Waals surface area contributed by atoms with Crippen molar-refractivity contribution in [3.05, 3.63) is 22.4 Å². The topological polar surface area (TPSA) is 46.3 Å². The predicted molar refractivity (Wildman–Crippen MR) is 75.9 cm³/mol. The summed E-state index contributed by atoms with van der Waals surface area (Å²) in [5.74, 6) is -0.115. The molecule has 2 N–H and O–H groups in total. The first-order chi connectivity index (χ1) is 8.22. The number of rotatable bonds is 3. The van der Waals surface area contributed by atoms with Crippen LogP contribution in [0, 0.1) is 0 Å². The molecule has 2 aliphatic heterocycles. The molecule has 0 aliphatic carbocycles. The second kappa shape index (κ2) is 5.19. The number of hydrogen-bond acceptors (Lipinski definition) is 3. The lowest BCUT2D eigenvalue weighted by Crippen LogP contribution is -2.57. The second-order valence-electron chi connectivity index (χ2n) is 5.19. The molecular weight excluding hydrogens is 268 g/mol. The van der Waals surface area contributed by atoms with Crippen molar-refractivity contribution in [1.29, 1.82) is 0 Å². The fourth-order valence-corrected chi connectivity index (χ4v) is 4.19. The van der Waals surface area contributed by atoms with E-state index in [4.69, 9.17) is 5.73 Å². The third kappa shape index (κ3) is 2.06. The summed E-state index contributed by atoms with van der Waals surface area (Å²) < 4.78 is 0. The number of hydrogen-bond donors (Lipinski definition) is 1. The van der Waals surface area contributed by atoms with Crippen molar-refractivity contribution in [1.82, 2.24) is 4.90 Å². The monoisotopic (exact) mass is 286 g/mol. The van der Waals surface area contributed by atoms with E-state index in [1.165, 1.54) is 11.3 Å². The Morgan fingerprint density at radius 3 is 3.00 bits per heavy atom. The van der Waals surface area contributed by atoms with Gasteiger partial charge in [0, 0.05) is 17.5 Å². The van der Waals surface area contributed by atoms with Crippen LogP contribution >= 0.6 is 23.7 Å². The average Bonchev–Trinajstić information content (AvgIpc) is 2.86. The van der Waals surface area contributed by atoms with Crippen LogP contribution in [0.4, 0.5) is 0 Å². The molecule has 2 saturated heterocycles. The number of piperidine rings is 1. The van der Waals surface area contributed by atoms with Gasteiger partial charge in [-0.2, -0.15) is 0 Å². The zero-order valence-corrected chi connectivity index (χ0v) is 11.9. The summed E-state index contributed by atoms with van der Waals surface area (Å²) in [6.07, 6.45) is 5.41. The van der Waals surface area contributed by atoms with Crippen LogP contribution in [0.2, 0.25) is 0 Å². The second-order valence-corrected chi connectivity index (χ2v) is 6.22. The molecule has 3 rings (SSSR count). The Labute approximate surface area is 118 Å². The molecule has 1 aromatic rings. The highest BCUT2D eigenvalue weighted by molar-refractivity contribution is 7.09. The van der Waals surface area contributed by atoms with Crippen LogP contribution in [-0.4, -0.2) is 22.4 Å². The third-order valence-electron chi connectivity index (χ3n) is 4.37. The highest BCUT2D eigenvalue weighted by atomic mass is 35.5. The van der Waals surface area contributed by atoms with Crippen molar-refractivity contribution in [2.75, 3.05) is 0 Å². The summed E-state index contributed by atoms with van der Waals surface area (Å²) in [7, 11) is 0. The Morgan fingerprint density at radius 1 is 1.50 bits per heavy atom. The summed E-state index contributed by atoms with van der Waals surface area (Å²) in [6.45, 7) is 0.894. The minimum absolute atomic E-state index is 0. The maximum Gasteiger partial charge on any atom is 0.237 e. The van der Waals surface area contributed by atoms with E-state index < -0.39 is 0 Å². The van der Waals surface area contributed by atoms with Crippen LogP contribution in [0.15, 0.2) is 17.5 Å². The average molecular weight is 287 g/mol. The van der Waals surface area contributed by atoms with Crippen LogP contribution in [0.5, 0.6) is 0 Å². The fraction of sp³-hybridized carbons (Fsp3) is 0.615. The van der Waals surface area contributed by atoms with Crippen LogP contribution in [-0.2, 0) is 11.3 Å². The van der Waals surface area contributed by atoms with E-state index in [0.29, 0.717) is 6.04 Å². The molecule has 0 aromatic carbocycles. The molecule has 100 valence electrons. The molecule has 3 heterocycles. The summed E-state index contributed by atoms with van der Waals surface area (Å²) in [6, 6.07) is 4.79. The van der Waals surface area contributed by atoms with E-state index >= 15 is 0 Å². The summed E-state index contributed by atoms with van der Waals surface area (Å²) in [5.41, 5.74) is 5.34. The summed E-state index contributed by atoms with van der Waals surface area (Å²) in [5, 5.41) is 2.10. The van der Waals surface area contributed by atoms with E-state index in [9.17, 15) is 4.79 Å². The van der Waals surface area contributed by atoms with Crippen LogP contribution in [0.25, 0.3) is 0 Å². The minimum Gasteiger partial charge on any atom is -0.368 e. The van der Waals surface area contributed by atoms with Gasteiger partial charge in [0.1, 0.15) is 5.54 Å². The fourth-order valence-electron chi connectivity index (χ4n) is 3.49. The molecule has 0 radical (unpaired) electrons. The van der Waals surface area contributed by atoms with Crippen molar-refractivity contribution in [3.8, 4) is 0 Å². The van der Waals surface area contributed by atoms with Crippen LogP contribution in [0.3, 0.4) is 0 Å². The van der Waals surface area contributed by atoms with E-state index in [-0.39, 0.29) is 23.9 Å². The lowest BCUT2D eigenvalue weighted by atomic mass is 9.87. The molecule has 2 unspecified atom stereocenters. The van der Waals surface area contributed by atoms with Crippen molar-refractivity contribution in [3.63, 3.8) is 0 Å². The quantitative estimate of drug-likeness (QED) is 0.928. The first-order valence-electron chi connectivity index (χ1n) is 6.31. The zero-order chi connectivity index (χ0) is 11.9. The van der Waals surface area contributed by atoms with Crippen molar-refractivity contribution < 1.29 is 4.79 Å². The Morgan fingerprint density at radius 2 is 2.33 bits per heavy atom. The van der Waals surface area contributed by atoms with Gasteiger partial charge in [0.15, 0.2) is 0 Å². The Balaban J connectivity index is 0.00000120. The van der Waals surface area contributed by atoms with E-state index in [1.807, 2.05) is 0 Å². The SMILES string of the molecule is Cl.NC(=O)C12CCCC(CC1)N2Cc1cccs1. The highest BCUT2D eigenvalue weighted by Gasteiger charge is 2.52. The first-order valence-corrected chi connectivity index (χ1v) is 7.19. The number of nitrogens with two attached hydrogens (primary N) is 1. The number of carbonyl (C=O) groups excluding carboxylic acids is 1. The molecule has 2 fully saturated rings. The number of fused-ring (bicyclic) bond motifs is 2. The van der Waals surface area contributed by atoms with Gasteiger partial charge < -0.3 is 5.73 Å². The number of amides is 1. The molecule has 1 aromatic heterocycles. The van der Waals surface area contributed by atoms with Gasteiger partial charge in [-0.25, -0.2) is 0 Å². The highest BCUT2D eigenvalue weighted by Crippen LogP contribution is 2.45. The minimum atomic E-state index is -0.340. The smallest absolute Gasteiger partial charge is 0.237 e. The van der Waals surface area contributed by atoms with Crippen LogP contribution < -0.4 is 5.73 Å². The van der Waals surface area contributed by atoms with Gasteiger partial charge in [0.05, 0.1) is 0 Å². The number of carbonyl (C=O) groups is 1. The Bertz CT molecular complexity index is 419. The molecule has 1 amide bonds. The van der Waals surface area contributed by atoms with E-state index in [0.717, 1.165) is 32.2 Å². The summed E-state index contributed by atoms with van der Waals surface area (Å²) >= 11 is 1.77. The molecule has 18 heavy (non-hydrogen) atoms. The Hall–Kier alpha value is -0.580. The normalized spacial score (nSPS) is 31.0. The number of nitrogens with zero attached hydrogens (tertiary/aromatic N) is 1. The first kappa shape index (κ1) is 13.8. The van der Waals surface area contributed by atoms with Gasteiger partial charge in [-0.15, -0.1) is 23.7 Å². The lowest BCUT2D eigenvalue weighted by molar-refractivity contribution is -0.132. The zero-order valence-electron chi connectivity index (χ0n) is 10.3. The maximum absolute atomic E-state index is 11.9. The van der Waals surface area contributed by atoms with Crippen molar-refractivity contribution in [2.45, 2.75) is 50.2 Å². The Kier molecular flexibility index (Phi) is 3.99. The molecule has 0 saturated carbocycles. The van der Waals surface area contributed by atoms with E-state index in [2.05, 4.69) is 22.4 Å². The van der Waals surface area contributed by atoms with Gasteiger partial charge >= 0.3 is 0 Å². The molecule has 2 atom stereocenters. The molecule has 2 bridgehead atoms. The van der Waals surface area contributed by atoms with E-state index in [1.54, 1.807) is 11.3 Å². The van der Waals surface area contributed by atoms with Crippen molar-refractivity contribution >= 4 is 29.7 Å². The molecule has 5 heteroatoms. The van der Waals surface area contributed by atoms with Gasteiger partial charge in [-0.3, -0.25) is 9.69 Å². The lowest BCUT2D eigenvalue weighted by Gasteiger charge is -2.42. The molecule has 3 nitrogen and oxygen atoms in total. The van der Waals surface area contributed by atoms with Gasteiger partial charge in [-0.05, 0) is 43.6 Å². The molecule has 2 aliphatic rings. The predicted octanol–water partition coefficient (Wildman–Crippen LogP) is 2.54. The third-order valence-corrected chi connectivity index (χ3v) is 5.24. The molecular formula is C13H19ClN2OS. The van der Waals surface area contributed by atoms with Gasteiger partial charge in [0.25, 0.3) is 0 Å². The number of primary amides is 1. The number of halogens is 1. The largest absolute Gasteiger partial charge is 0.368 e. The van der Waals surface area contributed by atoms with Gasteiger partial charge in [0.2, 0.25) is 5.91 Å². The number of thiophene rings is 1. The maximum atomic E-state index is 11.9. The summed E-state index contributed by atoms with van der Waals surface area (Å²) in [4.78, 5) is 15.6. The van der Waals surface area contributed by atoms with Crippen molar-refractivity contribution in [2.24, 2.45) is 5.73 Å². The standard InChI is InChI=1S/C13H18N2OS.ClH/c14-12(16)13-6-1-3-10(5-7-13)15(13)9-11-4-2-8-17-11;/h2,4,8,10H,1,3,5-7,9H2,(H2,14,16);1H. The van der Waals surface area contributed by atoms with Gasteiger partial charge in [-0.1, -0.05) is 6.07 Å².